The van der Waals surface area contributed by atoms with Crippen LogP contribution >= 0.6 is 0 Å². The largest absolute Gasteiger partial charge is 0.329 e. The van der Waals surface area contributed by atoms with Crippen molar-refractivity contribution in [2.75, 3.05) is 0 Å². The fraction of sp³-hybridized carbons (Fsp3) is 0.353. The third-order valence-corrected chi connectivity index (χ3v) is 4.15. The van der Waals surface area contributed by atoms with Crippen LogP contribution in [0.15, 0.2) is 42.9 Å². The molecule has 0 aromatic carbocycles. The van der Waals surface area contributed by atoms with Crippen molar-refractivity contribution < 1.29 is 9.25 Å². The molecule has 0 spiro atoms. The van der Waals surface area contributed by atoms with Gasteiger partial charge in [-0.25, -0.2) is 4.98 Å². The van der Waals surface area contributed by atoms with E-state index in [1.807, 2.05) is 24.0 Å². The molecule has 3 heterocycles. The molecule has 0 amide bonds. The molecule has 0 unspecified atom stereocenters. The van der Waals surface area contributed by atoms with Gasteiger partial charge in [-0.15, -0.1) is 9.36 Å². The molecule has 114 valence electrons. The Labute approximate surface area is 131 Å². The van der Waals surface area contributed by atoms with E-state index in [0.717, 1.165) is 11.5 Å². The van der Waals surface area contributed by atoms with Crippen molar-refractivity contribution in [3.05, 3.63) is 42.9 Å². The lowest BCUT2D eigenvalue weighted by molar-refractivity contribution is -0.789. The molecule has 3 aromatic heterocycles. The fourth-order valence-corrected chi connectivity index (χ4v) is 2.93. The van der Waals surface area contributed by atoms with E-state index in [4.69, 9.17) is 0 Å². The molecule has 5 nitrogen and oxygen atoms in total. The Kier molecular flexibility index (Phi) is 3.56. The van der Waals surface area contributed by atoms with Crippen LogP contribution in [-0.4, -0.2) is 14.2 Å². The minimum atomic E-state index is 0.432. The number of aromatic nitrogens is 5. The molecule has 0 aliphatic carbocycles. The smallest absolute Gasteiger partial charge is 0.248 e. The lowest BCUT2D eigenvalue weighted by atomic mass is 10.2. The van der Waals surface area contributed by atoms with Crippen molar-refractivity contribution in [1.82, 2.24) is 14.2 Å². The highest BCUT2D eigenvalue weighted by Gasteiger charge is 2.24. The molecule has 0 fully saturated rings. The van der Waals surface area contributed by atoms with Crippen molar-refractivity contribution in [2.45, 2.75) is 19.9 Å². The maximum Gasteiger partial charge on any atom is 0.248 e. The van der Waals surface area contributed by atoms with Gasteiger partial charge in [0.05, 0.1) is 7.05 Å². The van der Waals surface area contributed by atoms with E-state index in [2.05, 4.69) is 77.3 Å². The minimum absolute atomic E-state index is 0.432. The third kappa shape index (κ3) is 2.22. The number of aryl methyl sites for hydroxylation is 1. The lowest BCUT2D eigenvalue weighted by Gasteiger charge is -2.06. The summed E-state index contributed by atoms with van der Waals surface area (Å²) < 4.78 is 8.66. The zero-order chi connectivity index (χ0) is 15.9. The molecule has 0 radical (unpaired) electrons. The topological polar surface area (TPSA) is 30.5 Å². The Morgan fingerprint density at radius 2 is 1.82 bits per heavy atom. The monoisotopic (exact) mass is 297 g/mol. The summed E-state index contributed by atoms with van der Waals surface area (Å²) in [5, 5.41) is 0. The average Bonchev–Trinajstić information content (AvgIpc) is 3.06. The highest BCUT2D eigenvalue weighted by Crippen LogP contribution is 2.18. The Hall–Kier alpha value is -2.43. The van der Waals surface area contributed by atoms with Crippen LogP contribution in [0.25, 0.3) is 22.9 Å². The van der Waals surface area contributed by atoms with E-state index in [9.17, 15) is 0 Å². The molecular formula is C17H23N5+2. The number of hydrogen-bond acceptors (Lipinski definition) is 1. The summed E-state index contributed by atoms with van der Waals surface area (Å²) in [4.78, 5) is 4.47. The van der Waals surface area contributed by atoms with Crippen molar-refractivity contribution >= 4 is 0 Å². The quantitative estimate of drug-likeness (QED) is 0.678. The summed E-state index contributed by atoms with van der Waals surface area (Å²) in [6, 6.07) is 8.93. The summed E-state index contributed by atoms with van der Waals surface area (Å²) in [6.45, 7) is 4.38. The maximum absolute atomic E-state index is 4.47. The fourth-order valence-electron chi connectivity index (χ4n) is 2.93. The van der Waals surface area contributed by atoms with Gasteiger partial charge in [0.2, 0.25) is 17.2 Å². The summed E-state index contributed by atoms with van der Waals surface area (Å²) in [7, 11) is 6.21. The summed E-state index contributed by atoms with van der Waals surface area (Å²) in [5.74, 6) is 0.968. The molecule has 3 rings (SSSR count). The lowest BCUT2D eigenvalue weighted by Crippen LogP contribution is -2.44. The van der Waals surface area contributed by atoms with Gasteiger partial charge in [0.25, 0.3) is 0 Å². The van der Waals surface area contributed by atoms with E-state index in [1.54, 1.807) is 0 Å². The maximum atomic E-state index is 4.47. The van der Waals surface area contributed by atoms with Gasteiger partial charge in [-0.05, 0) is 19.9 Å². The molecule has 0 aliphatic rings. The van der Waals surface area contributed by atoms with Crippen LogP contribution in [0, 0.1) is 0 Å². The van der Waals surface area contributed by atoms with Crippen LogP contribution in [0.4, 0.5) is 0 Å². The number of imidazole rings is 1. The SMILES string of the molecule is CC(C)[n+]1ccc(-c2cccc(-c3nccn3C)[n+]2C)n1C. The zero-order valence-corrected chi connectivity index (χ0v) is 13.9. The third-order valence-electron chi connectivity index (χ3n) is 4.15. The van der Waals surface area contributed by atoms with Crippen LogP contribution < -0.4 is 9.25 Å². The summed E-state index contributed by atoms with van der Waals surface area (Å²) in [6.07, 6.45) is 5.93. The molecule has 0 atom stereocenters. The normalized spacial score (nSPS) is 11.4. The first-order valence-electron chi connectivity index (χ1n) is 7.55. The van der Waals surface area contributed by atoms with Gasteiger partial charge < -0.3 is 4.57 Å². The van der Waals surface area contributed by atoms with Crippen LogP contribution in [0.2, 0.25) is 0 Å². The van der Waals surface area contributed by atoms with Gasteiger partial charge in [0.1, 0.15) is 7.05 Å². The van der Waals surface area contributed by atoms with Crippen molar-refractivity contribution in [2.24, 2.45) is 21.1 Å². The first-order chi connectivity index (χ1) is 10.5. The van der Waals surface area contributed by atoms with Gasteiger partial charge in [-0.2, -0.15) is 4.57 Å². The predicted octanol–water partition coefficient (Wildman–Crippen LogP) is 1.79. The molecule has 0 aliphatic heterocycles. The van der Waals surface area contributed by atoms with Crippen molar-refractivity contribution in [3.63, 3.8) is 0 Å². The molecule has 0 N–H and O–H groups in total. The number of pyridine rings is 1. The van der Waals surface area contributed by atoms with Crippen LogP contribution in [0.3, 0.4) is 0 Å². The molecule has 0 saturated carbocycles. The van der Waals surface area contributed by atoms with E-state index in [1.165, 1.54) is 11.4 Å². The Bertz CT molecular complexity index is 810. The van der Waals surface area contributed by atoms with Crippen LogP contribution in [0.1, 0.15) is 19.9 Å². The van der Waals surface area contributed by atoms with Gasteiger partial charge in [0, 0.05) is 37.6 Å². The molecular weight excluding hydrogens is 274 g/mol. The highest BCUT2D eigenvalue weighted by atomic mass is 15.4. The molecule has 22 heavy (non-hydrogen) atoms. The van der Waals surface area contributed by atoms with Crippen molar-refractivity contribution in [3.8, 4) is 22.9 Å². The highest BCUT2D eigenvalue weighted by molar-refractivity contribution is 5.54. The Morgan fingerprint density at radius 3 is 2.41 bits per heavy atom. The Morgan fingerprint density at radius 1 is 1.09 bits per heavy atom. The van der Waals surface area contributed by atoms with Crippen LogP contribution in [-0.2, 0) is 21.1 Å². The number of hydrogen-bond donors (Lipinski definition) is 0. The molecule has 5 heteroatoms. The standard InChI is InChI=1S/C17H23N5/c1-13(2)22-11-9-15(21(22)5)14-7-6-8-16(20(14)4)17-18-10-12-19(17)3/h6-13H,1-5H3/q+2. The Balaban J connectivity index is 2.16. The van der Waals surface area contributed by atoms with Gasteiger partial charge in [-0.3, -0.25) is 0 Å². The van der Waals surface area contributed by atoms with Gasteiger partial charge in [0.15, 0.2) is 17.9 Å². The van der Waals surface area contributed by atoms with E-state index < -0.39 is 0 Å². The predicted molar refractivity (Wildman–Crippen MR) is 84.8 cm³/mol. The van der Waals surface area contributed by atoms with E-state index in [0.29, 0.717) is 6.04 Å². The van der Waals surface area contributed by atoms with E-state index >= 15 is 0 Å². The second kappa shape index (κ2) is 5.40. The zero-order valence-electron chi connectivity index (χ0n) is 13.9. The summed E-state index contributed by atoms with van der Waals surface area (Å²) in [5.41, 5.74) is 3.46. The minimum Gasteiger partial charge on any atom is -0.329 e. The number of rotatable bonds is 3. The summed E-state index contributed by atoms with van der Waals surface area (Å²) >= 11 is 0. The average molecular weight is 297 g/mol. The molecule has 0 saturated heterocycles. The van der Waals surface area contributed by atoms with Gasteiger partial charge >= 0.3 is 0 Å². The number of nitrogens with zero attached hydrogens (tertiary/aromatic N) is 5. The first-order valence-corrected chi connectivity index (χ1v) is 7.55. The van der Waals surface area contributed by atoms with E-state index in [-0.39, 0.29) is 0 Å². The van der Waals surface area contributed by atoms with Gasteiger partial charge in [-0.1, -0.05) is 0 Å². The molecule has 3 aromatic rings. The van der Waals surface area contributed by atoms with Crippen LogP contribution in [0.5, 0.6) is 0 Å². The second-order valence-electron chi connectivity index (χ2n) is 5.92. The molecule has 0 bridgehead atoms. The first kappa shape index (κ1) is 14.5. The van der Waals surface area contributed by atoms with Crippen molar-refractivity contribution in [1.29, 1.82) is 0 Å². The second-order valence-corrected chi connectivity index (χ2v) is 5.92.